The normalized spacial score (nSPS) is 17.8. The maximum atomic E-state index is 12.0. The Balaban J connectivity index is 0.00000161. The highest BCUT2D eigenvalue weighted by Gasteiger charge is 2.20. The van der Waals surface area contributed by atoms with Gasteiger partial charge in [0.1, 0.15) is 6.04 Å². The Bertz CT molecular complexity index is 567. The third kappa shape index (κ3) is 3.78. The summed E-state index contributed by atoms with van der Waals surface area (Å²) in [4.78, 5) is 13.5. The molecule has 1 aliphatic rings. The molecule has 1 saturated heterocycles. The number of carbonyl (C=O) groups excluding carboxylic acids is 1. The number of nitrogens with zero attached hydrogens (tertiary/aromatic N) is 3. The van der Waals surface area contributed by atoms with Crippen LogP contribution in [-0.4, -0.2) is 46.7 Å². The zero-order valence-electron chi connectivity index (χ0n) is 11.2. The fourth-order valence-electron chi connectivity index (χ4n) is 1.99. The summed E-state index contributed by atoms with van der Waals surface area (Å²) in [6.45, 7) is 1.75. The van der Waals surface area contributed by atoms with Crippen LogP contribution in [0.3, 0.4) is 0 Å². The van der Waals surface area contributed by atoms with Crippen molar-refractivity contribution >= 4 is 24.0 Å². The lowest BCUT2D eigenvalue weighted by Gasteiger charge is -2.22. The lowest BCUT2D eigenvalue weighted by molar-refractivity contribution is -0.120. The van der Waals surface area contributed by atoms with E-state index >= 15 is 0 Å². The molecule has 2 aromatic rings. The van der Waals surface area contributed by atoms with Gasteiger partial charge in [-0.3, -0.25) is 4.79 Å². The Labute approximate surface area is 128 Å². The Morgan fingerprint density at radius 2 is 2.00 bits per heavy atom. The fraction of sp³-hybridized carbons (Fsp3) is 0.308. The number of rotatable bonds is 3. The van der Waals surface area contributed by atoms with E-state index in [1.165, 1.54) is 4.80 Å². The highest BCUT2D eigenvalue weighted by molar-refractivity contribution is 5.95. The van der Waals surface area contributed by atoms with Crippen molar-refractivity contribution in [2.45, 2.75) is 6.04 Å². The summed E-state index contributed by atoms with van der Waals surface area (Å²) in [5.74, 6) is -0.0883. The molecule has 1 aromatic heterocycles. The van der Waals surface area contributed by atoms with Crippen LogP contribution in [0.25, 0.3) is 5.69 Å². The quantitative estimate of drug-likeness (QED) is 0.868. The van der Waals surface area contributed by atoms with E-state index in [2.05, 4.69) is 20.8 Å². The highest BCUT2D eigenvalue weighted by atomic mass is 35.5. The minimum atomic E-state index is -0.295. The predicted octanol–water partition coefficient (Wildman–Crippen LogP) is 0.616. The van der Waals surface area contributed by atoms with Gasteiger partial charge < -0.3 is 15.4 Å². The van der Waals surface area contributed by atoms with Crippen LogP contribution in [0.5, 0.6) is 0 Å². The van der Waals surface area contributed by atoms with Crippen LogP contribution in [0.2, 0.25) is 0 Å². The van der Waals surface area contributed by atoms with E-state index in [9.17, 15) is 4.79 Å². The molecule has 2 heterocycles. The molecule has 1 unspecified atom stereocenters. The maximum absolute atomic E-state index is 12.0. The van der Waals surface area contributed by atoms with Crippen molar-refractivity contribution in [3.05, 3.63) is 36.7 Å². The Hall–Kier alpha value is -1.96. The Kier molecular flexibility index (Phi) is 5.26. The second-order valence-corrected chi connectivity index (χ2v) is 4.44. The number of benzene rings is 1. The van der Waals surface area contributed by atoms with Gasteiger partial charge >= 0.3 is 0 Å². The van der Waals surface area contributed by atoms with Gasteiger partial charge in [-0.05, 0) is 24.3 Å². The van der Waals surface area contributed by atoms with Crippen molar-refractivity contribution in [3.8, 4) is 5.69 Å². The fourth-order valence-corrected chi connectivity index (χ4v) is 1.99. The Morgan fingerprint density at radius 1 is 1.29 bits per heavy atom. The number of amides is 1. The van der Waals surface area contributed by atoms with E-state index in [0.717, 1.165) is 11.4 Å². The first-order valence-corrected chi connectivity index (χ1v) is 6.42. The average Bonchev–Trinajstić information content (AvgIpc) is 3.03. The first-order chi connectivity index (χ1) is 9.83. The van der Waals surface area contributed by atoms with Gasteiger partial charge in [0.25, 0.3) is 0 Å². The lowest BCUT2D eigenvalue weighted by atomic mass is 10.2. The van der Waals surface area contributed by atoms with Crippen molar-refractivity contribution in [2.24, 2.45) is 0 Å². The minimum absolute atomic E-state index is 0. The molecule has 0 spiro atoms. The molecule has 1 fully saturated rings. The van der Waals surface area contributed by atoms with E-state index < -0.39 is 0 Å². The van der Waals surface area contributed by atoms with Gasteiger partial charge in [0.2, 0.25) is 5.91 Å². The molecule has 0 saturated carbocycles. The van der Waals surface area contributed by atoms with Crippen molar-refractivity contribution in [1.82, 2.24) is 20.3 Å². The van der Waals surface area contributed by atoms with E-state index in [4.69, 9.17) is 4.74 Å². The number of hydrogen-bond acceptors (Lipinski definition) is 5. The average molecular weight is 310 g/mol. The molecule has 1 aromatic carbocycles. The number of nitrogens with one attached hydrogen (secondary N) is 2. The number of aromatic nitrogens is 3. The minimum Gasteiger partial charge on any atom is -0.378 e. The molecule has 2 N–H and O–H groups in total. The van der Waals surface area contributed by atoms with Crippen molar-refractivity contribution in [3.63, 3.8) is 0 Å². The summed E-state index contributed by atoms with van der Waals surface area (Å²) in [7, 11) is 0. The monoisotopic (exact) mass is 309 g/mol. The number of ether oxygens (including phenoxy) is 1. The molecule has 0 radical (unpaired) electrons. The molecule has 1 aliphatic heterocycles. The number of morpholine rings is 1. The van der Waals surface area contributed by atoms with Gasteiger partial charge in [0.15, 0.2) is 0 Å². The molecule has 21 heavy (non-hydrogen) atoms. The van der Waals surface area contributed by atoms with Gasteiger partial charge in [-0.2, -0.15) is 15.0 Å². The summed E-state index contributed by atoms with van der Waals surface area (Å²) >= 11 is 0. The van der Waals surface area contributed by atoms with Gasteiger partial charge in [-0.15, -0.1) is 12.4 Å². The summed E-state index contributed by atoms with van der Waals surface area (Å²) in [6.07, 6.45) is 3.23. The predicted molar refractivity (Wildman–Crippen MR) is 79.8 cm³/mol. The van der Waals surface area contributed by atoms with Crippen LogP contribution in [0.1, 0.15) is 0 Å². The first kappa shape index (κ1) is 15.4. The summed E-state index contributed by atoms with van der Waals surface area (Å²) in [6, 6.07) is 7.04. The standard InChI is InChI=1S/C13H15N5O2.ClH/c19-13(12-9-20-8-7-14-12)17-10-1-3-11(4-2-10)18-15-5-6-16-18;/h1-6,12,14H,7-9H2,(H,17,19);1H. The number of carbonyl (C=O) groups is 1. The molecule has 112 valence electrons. The third-order valence-corrected chi connectivity index (χ3v) is 3.02. The summed E-state index contributed by atoms with van der Waals surface area (Å²) < 4.78 is 5.27. The van der Waals surface area contributed by atoms with Gasteiger partial charge in [0, 0.05) is 12.2 Å². The molecular weight excluding hydrogens is 294 g/mol. The SMILES string of the molecule is Cl.O=C(Nc1ccc(-n2nccn2)cc1)C1COCCN1. The number of hydrogen-bond donors (Lipinski definition) is 2. The molecule has 0 aliphatic carbocycles. The zero-order chi connectivity index (χ0) is 13.8. The zero-order valence-corrected chi connectivity index (χ0v) is 12.0. The van der Waals surface area contributed by atoms with E-state index in [-0.39, 0.29) is 24.4 Å². The van der Waals surface area contributed by atoms with Crippen molar-refractivity contribution in [1.29, 1.82) is 0 Å². The third-order valence-electron chi connectivity index (χ3n) is 3.02. The summed E-state index contributed by atoms with van der Waals surface area (Å²) in [5, 5.41) is 14.0. The lowest BCUT2D eigenvalue weighted by Crippen LogP contribution is -2.48. The maximum Gasteiger partial charge on any atom is 0.243 e. The van der Waals surface area contributed by atoms with Gasteiger partial charge in [-0.1, -0.05) is 0 Å². The first-order valence-electron chi connectivity index (χ1n) is 6.42. The molecular formula is C13H16ClN5O2. The van der Waals surface area contributed by atoms with Gasteiger partial charge in [-0.25, -0.2) is 0 Å². The van der Waals surface area contributed by atoms with Crippen molar-refractivity contribution in [2.75, 3.05) is 25.1 Å². The summed E-state index contributed by atoms with van der Waals surface area (Å²) in [5.41, 5.74) is 1.57. The number of anilines is 1. The van der Waals surface area contributed by atoms with Gasteiger partial charge in [0.05, 0.1) is 31.3 Å². The second-order valence-electron chi connectivity index (χ2n) is 4.44. The van der Waals surface area contributed by atoms with Crippen LogP contribution in [0.4, 0.5) is 5.69 Å². The smallest absolute Gasteiger partial charge is 0.243 e. The molecule has 7 nitrogen and oxygen atoms in total. The molecule has 8 heteroatoms. The van der Waals surface area contributed by atoms with E-state index in [1.807, 2.05) is 24.3 Å². The molecule has 1 amide bonds. The van der Waals surface area contributed by atoms with Crippen molar-refractivity contribution < 1.29 is 9.53 Å². The topological polar surface area (TPSA) is 81.1 Å². The molecule has 0 bridgehead atoms. The van der Waals surface area contributed by atoms with Crippen LogP contribution >= 0.6 is 12.4 Å². The van der Waals surface area contributed by atoms with E-state index in [0.29, 0.717) is 19.8 Å². The van der Waals surface area contributed by atoms with Crippen LogP contribution < -0.4 is 10.6 Å². The van der Waals surface area contributed by atoms with E-state index in [1.54, 1.807) is 12.4 Å². The second kappa shape index (κ2) is 7.16. The Morgan fingerprint density at radius 3 is 2.62 bits per heavy atom. The molecule has 1 atom stereocenters. The highest BCUT2D eigenvalue weighted by Crippen LogP contribution is 2.12. The number of halogens is 1. The van der Waals surface area contributed by atoms with Crippen LogP contribution in [-0.2, 0) is 9.53 Å². The van der Waals surface area contributed by atoms with Crippen LogP contribution in [0.15, 0.2) is 36.7 Å². The van der Waals surface area contributed by atoms with Crippen LogP contribution in [0, 0.1) is 0 Å². The molecule has 3 rings (SSSR count). The largest absolute Gasteiger partial charge is 0.378 e.